The Morgan fingerprint density at radius 3 is 2.32 bits per heavy atom. The molecule has 7 nitrogen and oxygen atoms in total. The van der Waals surface area contributed by atoms with Gasteiger partial charge < -0.3 is 10.2 Å². The summed E-state index contributed by atoms with van der Waals surface area (Å²) in [6.07, 6.45) is 6.94. The van der Waals surface area contributed by atoms with Crippen molar-refractivity contribution in [2.45, 2.75) is 55.9 Å². The van der Waals surface area contributed by atoms with Crippen LogP contribution in [0.4, 0.5) is 0 Å². The number of hydrogen-bond donors (Lipinski definition) is 1. The number of carbonyl (C=O) groups is 2. The van der Waals surface area contributed by atoms with E-state index in [0.717, 1.165) is 37.2 Å². The highest BCUT2D eigenvalue weighted by Crippen LogP contribution is 2.29. The van der Waals surface area contributed by atoms with Crippen molar-refractivity contribution < 1.29 is 18.0 Å². The van der Waals surface area contributed by atoms with Crippen molar-refractivity contribution >= 4 is 44.9 Å². The van der Waals surface area contributed by atoms with Crippen LogP contribution in [0.3, 0.4) is 0 Å². The number of nitrogens with one attached hydrogen (secondary N) is 1. The van der Waals surface area contributed by atoms with Gasteiger partial charge in [0.15, 0.2) is 0 Å². The number of piperidine rings is 1. The fourth-order valence-electron chi connectivity index (χ4n) is 4.70. The van der Waals surface area contributed by atoms with Gasteiger partial charge in [-0.1, -0.05) is 19.3 Å². The Bertz CT molecular complexity index is 881. The predicted molar refractivity (Wildman–Crippen MR) is 124 cm³/mol. The van der Waals surface area contributed by atoms with Crippen LogP contribution in [0.25, 0.3) is 0 Å². The molecule has 3 fully saturated rings. The zero-order valence-corrected chi connectivity index (χ0v) is 20.2. The Hall–Kier alpha value is -1.10. The van der Waals surface area contributed by atoms with Crippen molar-refractivity contribution in [3.63, 3.8) is 0 Å². The molecule has 0 aromatic carbocycles. The average Bonchev–Trinajstić information content (AvgIpc) is 3.31. The number of thiophene rings is 1. The molecule has 2 amide bonds. The molecule has 1 N–H and O–H groups in total. The van der Waals surface area contributed by atoms with Crippen LogP contribution in [0, 0.1) is 5.92 Å². The Morgan fingerprint density at radius 1 is 0.968 bits per heavy atom. The molecule has 1 aliphatic carbocycles. The highest BCUT2D eigenvalue weighted by atomic mass is 32.2. The number of carbonyl (C=O) groups excluding carboxylic acids is 2. The number of sulfonamides is 1. The highest BCUT2D eigenvalue weighted by Gasteiger charge is 2.33. The van der Waals surface area contributed by atoms with Crippen LogP contribution < -0.4 is 5.32 Å². The minimum absolute atomic E-state index is 0.0352. The van der Waals surface area contributed by atoms with Gasteiger partial charge in [-0.3, -0.25) is 9.59 Å². The second kappa shape index (κ2) is 10.2. The third-order valence-corrected chi connectivity index (χ3v) is 10.4. The van der Waals surface area contributed by atoms with Crippen molar-refractivity contribution in [3.05, 3.63) is 16.3 Å². The summed E-state index contributed by atoms with van der Waals surface area (Å²) in [7, 11) is -3.65. The number of thioether (sulfide) groups is 1. The summed E-state index contributed by atoms with van der Waals surface area (Å²) < 4.78 is 27.6. The summed E-state index contributed by atoms with van der Waals surface area (Å²) >= 11 is 2.92. The zero-order chi connectivity index (χ0) is 21.8. The lowest BCUT2D eigenvalue weighted by atomic mass is 9.87. The molecule has 0 spiro atoms. The maximum Gasteiger partial charge on any atom is 0.262 e. The number of likely N-dealkylation sites (tertiary alicyclic amines) is 1. The van der Waals surface area contributed by atoms with Gasteiger partial charge in [-0.05, 0) is 37.1 Å². The van der Waals surface area contributed by atoms with E-state index in [1.54, 1.807) is 23.2 Å². The molecular formula is C21H31N3O4S3. The molecule has 3 heterocycles. The molecule has 4 rings (SSSR count). The van der Waals surface area contributed by atoms with Crippen LogP contribution in [0.2, 0.25) is 0 Å². The van der Waals surface area contributed by atoms with E-state index < -0.39 is 10.0 Å². The maximum absolute atomic E-state index is 13.0. The maximum atomic E-state index is 13.0. The van der Waals surface area contributed by atoms with Gasteiger partial charge in [0.1, 0.15) is 9.77 Å². The Kier molecular flexibility index (Phi) is 7.61. The van der Waals surface area contributed by atoms with E-state index in [1.807, 2.05) is 4.90 Å². The van der Waals surface area contributed by atoms with Gasteiger partial charge in [-0.25, -0.2) is 8.42 Å². The molecule has 0 bridgehead atoms. The fourth-order valence-corrected chi connectivity index (χ4v) is 8.57. The quantitative estimate of drug-likeness (QED) is 0.693. The normalized spacial score (nSPS) is 22.4. The zero-order valence-electron chi connectivity index (χ0n) is 17.8. The third-order valence-electron chi connectivity index (χ3n) is 6.52. The van der Waals surface area contributed by atoms with Crippen LogP contribution in [0.5, 0.6) is 0 Å². The lowest BCUT2D eigenvalue weighted by molar-refractivity contribution is -0.137. The molecule has 1 aromatic rings. The third kappa shape index (κ3) is 5.29. The first-order valence-corrected chi connectivity index (χ1v) is 14.7. The Balaban J connectivity index is 1.34. The van der Waals surface area contributed by atoms with Gasteiger partial charge in [0, 0.05) is 49.6 Å². The largest absolute Gasteiger partial charge is 0.348 e. The van der Waals surface area contributed by atoms with E-state index in [4.69, 9.17) is 0 Å². The van der Waals surface area contributed by atoms with Crippen LogP contribution in [0.1, 0.15) is 54.6 Å². The minimum atomic E-state index is -3.65. The topological polar surface area (TPSA) is 86.8 Å². The standard InChI is InChI=1S/C21H31N3O4S3/c25-20(19-18(8-13-30-19)31(27,28)24-11-14-29-15-12-24)22-17-6-9-23(10-7-17)21(26)16-4-2-1-3-5-16/h8,13,16-17H,1-7,9-12,14-15H2,(H,22,25). The Morgan fingerprint density at radius 2 is 1.65 bits per heavy atom. The predicted octanol–water partition coefficient (Wildman–Crippen LogP) is 2.79. The van der Waals surface area contributed by atoms with Gasteiger partial charge in [0.05, 0.1) is 0 Å². The lowest BCUT2D eigenvalue weighted by Crippen LogP contribution is -2.48. The van der Waals surface area contributed by atoms with Gasteiger partial charge >= 0.3 is 0 Å². The van der Waals surface area contributed by atoms with Crippen molar-refractivity contribution in [2.75, 3.05) is 37.7 Å². The number of nitrogens with zero attached hydrogens (tertiary/aromatic N) is 2. The number of amides is 2. The Labute approximate surface area is 193 Å². The van der Waals surface area contributed by atoms with E-state index in [2.05, 4.69) is 5.32 Å². The molecule has 3 aliphatic rings. The smallest absolute Gasteiger partial charge is 0.262 e. The first kappa shape index (κ1) is 23.1. The monoisotopic (exact) mass is 485 g/mol. The summed E-state index contributed by atoms with van der Waals surface area (Å²) in [5.41, 5.74) is 0. The molecule has 172 valence electrons. The van der Waals surface area contributed by atoms with Crippen molar-refractivity contribution in [1.29, 1.82) is 0 Å². The minimum Gasteiger partial charge on any atom is -0.348 e. The van der Waals surface area contributed by atoms with E-state index in [-0.39, 0.29) is 33.5 Å². The van der Waals surface area contributed by atoms with Crippen molar-refractivity contribution in [2.24, 2.45) is 5.92 Å². The molecule has 0 unspecified atom stereocenters. The van der Waals surface area contributed by atoms with E-state index in [0.29, 0.717) is 39.0 Å². The molecular weight excluding hydrogens is 454 g/mol. The van der Waals surface area contributed by atoms with E-state index in [1.165, 1.54) is 22.1 Å². The first-order valence-electron chi connectivity index (χ1n) is 11.2. The highest BCUT2D eigenvalue weighted by molar-refractivity contribution is 7.99. The van der Waals surface area contributed by atoms with Gasteiger partial charge in [-0.2, -0.15) is 16.1 Å². The second-order valence-corrected chi connectivity index (χ2v) is 12.6. The van der Waals surface area contributed by atoms with Crippen molar-refractivity contribution in [1.82, 2.24) is 14.5 Å². The molecule has 1 aromatic heterocycles. The van der Waals surface area contributed by atoms with Crippen LogP contribution in [-0.2, 0) is 14.8 Å². The van der Waals surface area contributed by atoms with E-state index >= 15 is 0 Å². The van der Waals surface area contributed by atoms with Gasteiger partial charge in [0.2, 0.25) is 15.9 Å². The van der Waals surface area contributed by atoms with Gasteiger partial charge in [0.25, 0.3) is 5.91 Å². The molecule has 2 aliphatic heterocycles. The number of rotatable bonds is 5. The van der Waals surface area contributed by atoms with E-state index in [9.17, 15) is 18.0 Å². The summed E-state index contributed by atoms with van der Waals surface area (Å²) in [5.74, 6) is 1.69. The number of hydrogen-bond acceptors (Lipinski definition) is 6. The molecule has 2 saturated heterocycles. The summed E-state index contributed by atoms with van der Waals surface area (Å²) in [4.78, 5) is 28.0. The lowest BCUT2D eigenvalue weighted by Gasteiger charge is -2.35. The molecule has 31 heavy (non-hydrogen) atoms. The summed E-state index contributed by atoms with van der Waals surface area (Å²) in [6, 6.07) is 1.51. The fraction of sp³-hybridized carbons (Fsp3) is 0.714. The molecule has 0 radical (unpaired) electrons. The second-order valence-electron chi connectivity index (χ2n) is 8.54. The average molecular weight is 486 g/mol. The van der Waals surface area contributed by atoms with Gasteiger partial charge in [-0.15, -0.1) is 11.3 Å². The van der Waals surface area contributed by atoms with Crippen molar-refractivity contribution in [3.8, 4) is 0 Å². The molecule has 10 heteroatoms. The summed E-state index contributed by atoms with van der Waals surface area (Å²) in [5, 5.41) is 4.69. The van der Waals surface area contributed by atoms with Crippen LogP contribution >= 0.6 is 23.1 Å². The molecule has 1 saturated carbocycles. The van der Waals surface area contributed by atoms with Crippen LogP contribution in [0.15, 0.2) is 16.3 Å². The first-order chi connectivity index (χ1) is 15.0. The summed E-state index contributed by atoms with van der Waals surface area (Å²) in [6.45, 7) is 2.28. The SMILES string of the molecule is O=C(NC1CCN(C(=O)C2CCCCC2)CC1)c1sccc1S(=O)(=O)N1CCSCC1. The molecule has 0 atom stereocenters. The van der Waals surface area contributed by atoms with Crippen LogP contribution in [-0.4, -0.2) is 73.2 Å².